The number of fused-ring (bicyclic) bond motifs is 1. The lowest BCUT2D eigenvalue weighted by Crippen LogP contribution is -2.09. The van der Waals surface area contributed by atoms with Crippen molar-refractivity contribution in [3.63, 3.8) is 0 Å². The molecule has 0 saturated heterocycles. The summed E-state index contributed by atoms with van der Waals surface area (Å²) in [6.45, 7) is 0. The average Bonchev–Trinajstić information content (AvgIpc) is 2.46. The van der Waals surface area contributed by atoms with Crippen molar-refractivity contribution in [2.24, 2.45) is 4.99 Å². The van der Waals surface area contributed by atoms with Crippen LogP contribution < -0.4 is 0 Å². The Morgan fingerprint density at radius 2 is 2.05 bits per heavy atom. The number of aromatic carboxylic acids is 1. The monoisotopic (exact) mass is 267 g/mol. The van der Waals surface area contributed by atoms with Gasteiger partial charge in [-0.05, 0) is 41.8 Å². The zero-order chi connectivity index (χ0) is 14.1. The summed E-state index contributed by atoms with van der Waals surface area (Å²) in [7, 11) is 0. The molecule has 0 amide bonds. The van der Waals surface area contributed by atoms with Gasteiger partial charge in [-0.2, -0.15) is 0 Å². The van der Waals surface area contributed by atoms with Crippen LogP contribution >= 0.6 is 0 Å². The molecule has 2 aromatic rings. The van der Waals surface area contributed by atoms with E-state index in [-0.39, 0.29) is 17.2 Å². The van der Waals surface area contributed by atoms with E-state index >= 15 is 0 Å². The topological polar surface area (TPSA) is 69.9 Å². The van der Waals surface area contributed by atoms with E-state index in [0.717, 1.165) is 17.5 Å². The number of phenolic OH excluding ortho intramolecular Hbond substituents is 1. The molecule has 2 N–H and O–H groups in total. The van der Waals surface area contributed by atoms with E-state index in [2.05, 4.69) is 4.99 Å². The molecule has 1 unspecified atom stereocenters. The highest BCUT2D eigenvalue weighted by atomic mass is 16.4. The van der Waals surface area contributed by atoms with Crippen molar-refractivity contribution >= 4 is 17.9 Å². The van der Waals surface area contributed by atoms with Gasteiger partial charge >= 0.3 is 5.97 Å². The fourth-order valence-electron chi connectivity index (χ4n) is 2.41. The van der Waals surface area contributed by atoms with Gasteiger partial charge in [0.05, 0.1) is 11.3 Å². The molecule has 20 heavy (non-hydrogen) atoms. The molecule has 0 saturated carbocycles. The average molecular weight is 267 g/mol. The third-order valence-corrected chi connectivity index (χ3v) is 3.46. The molecule has 0 aromatic heterocycles. The second-order valence-electron chi connectivity index (χ2n) is 4.83. The number of nitrogens with zero attached hydrogens (tertiary/aromatic N) is 1. The Morgan fingerprint density at radius 1 is 1.20 bits per heavy atom. The molecule has 0 radical (unpaired) electrons. The van der Waals surface area contributed by atoms with Gasteiger partial charge in [0.2, 0.25) is 0 Å². The first-order chi connectivity index (χ1) is 9.63. The van der Waals surface area contributed by atoms with Crippen LogP contribution in [0.4, 0.5) is 5.69 Å². The number of carboxylic acid groups (broad SMARTS) is 1. The minimum absolute atomic E-state index is 0.102. The summed E-state index contributed by atoms with van der Waals surface area (Å²) in [4.78, 5) is 15.3. The fourth-order valence-corrected chi connectivity index (χ4v) is 2.41. The van der Waals surface area contributed by atoms with Crippen molar-refractivity contribution in [1.82, 2.24) is 0 Å². The summed E-state index contributed by atoms with van der Waals surface area (Å²) in [5.41, 5.74) is 2.98. The largest absolute Gasteiger partial charge is 0.508 e. The number of hydrogen-bond acceptors (Lipinski definition) is 3. The molecule has 2 aromatic carbocycles. The smallest absolute Gasteiger partial charge is 0.335 e. The van der Waals surface area contributed by atoms with Gasteiger partial charge in [-0.3, -0.25) is 4.99 Å². The van der Waals surface area contributed by atoms with Gasteiger partial charge in [0.25, 0.3) is 0 Å². The Hall–Kier alpha value is -2.62. The molecular weight excluding hydrogens is 254 g/mol. The number of aromatic hydroxyl groups is 1. The molecule has 100 valence electrons. The number of aliphatic imine (C=N–C) groups is 1. The molecular formula is C16H13NO3. The summed E-state index contributed by atoms with van der Waals surface area (Å²) in [6.07, 6.45) is 2.56. The Bertz CT molecular complexity index is 707. The molecule has 0 aliphatic carbocycles. The third kappa shape index (κ3) is 2.28. The fraction of sp³-hybridized carbons (Fsp3) is 0.125. The second-order valence-corrected chi connectivity index (χ2v) is 4.83. The molecule has 3 rings (SSSR count). The summed E-state index contributed by atoms with van der Waals surface area (Å²) in [6, 6.07) is 12.1. The molecule has 1 atom stereocenters. The molecule has 1 aliphatic heterocycles. The number of phenols is 1. The summed E-state index contributed by atoms with van der Waals surface area (Å²) in [5, 5.41) is 18.5. The van der Waals surface area contributed by atoms with E-state index in [1.165, 1.54) is 0 Å². The van der Waals surface area contributed by atoms with Crippen LogP contribution in [0.5, 0.6) is 5.75 Å². The Labute approximate surface area is 116 Å². The summed E-state index contributed by atoms with van der Waals surface area (Å²) < 4.78 is 0. The minimum atomic E-state index is -0.946. The van der Waals surface area contributed by atoms with Gasteiger partial charge < -0.3 is 10.2 Å². The van der Waals surface area contributed by atoms with Gasteiger partial charge in [0, 0.05) is 12.1 Å². The van der Waals surface area contributed by atoms with Crippen LogP contribution in [0.15, 0.2) is 47.5 Å². The van der Waals surface area contributed by atoms with Gasteiger partial charge in [-0.1, -0.05) is 18.2 Å². The van der Waals surface area contributed by atoms with Crippen molar-refractivity contribution in [2.45, 2.75) is 12.3 Å². The maximum Gasteiger partial charge on any atom is 0.335 e. The zero-order valence-corrected chi connectivity index (χ0v) is 10.7. The summed E-state index contributed by atoms with van der Waals surface area (Å²) >= 11 is 0. The molecule has 1 aliphatic rings. The molecule has 1 heterocycles. The molecule has 0 spiro atoms. The lowest BCUT2D eigenvalue weighted by Gasteiger charge is -2.19. The van der Waals surface area contributed by atoms with E-state index < -0.39 is 5.97 Å². The van der Waals surface area contributed by atoms with Gasteiger partial charge in [-0.25, -0.2) is 4.79 Å². The normalized spacial score (nSPS) is 16.7. The molecule has 4 heteroatoms. The van der Waals surface area contributed by atoms with Crippen LogP contribution in [0.25, 0.3) is 0 Å². The first-order valence-electron chi connectivity index (χ1n) is 6.33. The van der Waals surface area contributed by atoms with E-state index in [0.29, 0.717) is 5.69 Å². The zero-order valence-electron chi connectivity index (χ0n) is 10.7. The van der Waals surface area contributed by atoms with Crippen molar-refractivity contribution < 1.29 is 15.0 Å². The Balaban J connectivity index is 1.92. The van der Waals surface area contributed by atoms with Crippen LogP contribution in [0.3, 0.4) is 0 Å². The quantitative estimate of drug-likeness (QED) is 0.878. The number of benzene rings is 2. The van der Waals surface area contributed by atoms with Gasteiger partial charge in [0.1, 0.15) is 5.75 Å². The lowest BCUT2D eigenvalue weighted by atomic mass is 9.89. The van der Waals surface area contributed by atoms with Gasteiger partial charge in [0.15, 0.2) is 0 Å². The van der Waals surface area contributed by atoms with Crippen LogP contribution in [-0.2, 0) is 6.42 Å². The highest BCUT2D eigenvalue weighted by Crippen LogP contribution is 2.32. The number of hydrogen-bond donors (Lipinski definition) is 2. The van der Waals surface area contributed by atoms with E-state index in [1.54, 1.807) is 24.3 Å². The maximum absolute atomic E-state index is 10.9. The van der Waals surface area contributed by atoms with Crippen LogP contribution in [0.2, 0.25) is 0 Å². The van der Waals surface area contributed by atoms with Crippen molar-refractivity contribution in [2.75, 3.05) is 0 Å². The van der Waals surface area contributed by atoms with Crippen molar-refractivity contribution in [3.8, 4) is 5.75 Å². The Morgan fingerprint density at radius 3 is 2.80 bits per heavy atom. The van der Waals surface area contributed by atoms with Crippen LogP contribution in [0.1, 0.15) is 27.4 Å². The second kappa shape index (κ2) is 4.81. The first kappa shape index (κ1) is 12.4. The number of carboxylic acids is 1. The standard InChI is InChI=1S/C16H13NO3/c18-14-3-1-2-10(7-14)13-6-11-4-5-12(16(19)20)8-15(11)17-9-13/h1-5,7-9,13,18H,6H2,(H,19,20). The predicted molar refractivity (Wildman–Crippen MR) is 76.1 cm³/mol. The highest BCUT2D eigenvalue weighted by molar-refractivity contribution is 5.89. The maximum atomic E-state index is 10.9. The van der Waals surface area contributed by atoms with Gasteiger partial charge in [-0.15, -0.1) is 0 Å². The van der Waals surface area contributed by atoms with Crippen molar-refractivity contribution in [1.29, 1.82) is 0 Å². The predicted octanol–water partition coefficient (Wildman–Crippen LogP) is 3.13. The first-order valence-corrected chi connectivity index (χ1v) is 6.33. The third-order valence-electron chi connectivity index (χ3n) is 3.46. The van der Waals surface area contributed by atoms with E-state index in [1.807, 2.05) is 24.4 Å². The highest BCUT2D eigenvalue weighted by Gasteiger charge is 2.18. The number of carbonyl (C=O) groups is 1. The van der Waals surface area contributed by atoms with E-state index in [4.69, 9.17) is 5.11 Å². The van der Waals surface area contributed by atoms with Crippen molar-refractivity contribution in [3.05, 3.63) is 59.2 Å². The van der Waals surface area contributed by atoms with E-state index in [9.17, 15) is 9.90 Å². The lowest BCUT2D eigenvalue weighted by molar-refractivity contribution is 0.0697. The van der Waals surface area contributed by atoms with Crippen LogP contribution in [-0.4, -0.2) is 22.4 Å². The molecule has 0 fully saturated rings. The minimum Gasteiger partial charge on any atom is -0.508 e. The molecule has 0 bridgehead atoms. The SMILES string of the molecule is O=C(O)c1ccc2c(c1)N=CC(c1cccc(O)c1)C2. The Kier molecular flexibility index (Phi) is 2.99. The van der Waals surface area contributed by atoms with Crippen LogP contribution in [0, 0.1) is 0 Å². The number of rotatable bonds is 2. The molecule has 4 nitrogen and oxygen atoms in total. The summed E-state index contributed by atoms with van der Waals surface area (Å²) in [5.74, 6) is -0.605.